The van der Waals surface area contributed by atoms with Gasteiger partial charge in [-0.2, -0.15) is 0 Å². The largest absolute Gasteiger partial charge is 0.342 e. The highest BCUT2D eigenvalue weighted by Crippen LogP contribution is 2.20. The molecule has 2 aliphatic rings. The quantitative estimate of drug-likeness (QED) is 0.788. The zero-order valence-corrected chi connectivity index (χ0v) is 11.7. The Bertz CT molecular complexity index is 402. The third kappa shape index (κ3) is 3.45. The number of nitrogens with zero attached hydrogens (tertiary/aromatic N) is 1. The maximum Gasteiger partial charge on any atom is 0.222 e. The minimum absolute atomic E-state index is 0.0887. The summed E-state index contributed by atoms with van der Waals surface area (Å²) in [5.74, 6) is 0.857. The van der Waals surface area contributed by atoms with Crippen LogP contribution in [0.4, 0.5) is 0 Å². The molecule has 0 radical (unpaired) electrons. The summed E-state index contributed by atoms with van der Waals surface area (Å²) in [5.41, 5.74) is 0. The van der Waals surface area contributed by atoms with E-state index in [2.05, 4.69) is 5.32 Å². The Morgan fingerprint density at radius 2 is 2.17 bits per heavy atom. The van der Waals surface area contributed by atoms with Crippen molar-refractivity contribution in [1.82, 2.24) is 10.2 Å². The third-order valence-corrected chi connectivity index (χ3v) is 5.76. The summed E-state index contributed by atoms with van der Waals surface area (Å²) < 4.78 is 22.8. The Kier molecular flexibility index (Phi) is 4.27. The van der Waals surface area contributed by atoms with E-state index < -0.39 is 9.84 Å². The molecule has 2 heterocycles. The van der Waals surface area contributed by atoms with Gasteiger partial charge in [0.15, 0.2) is 9.84 Å². The summed E-state index contributed by atoms with van der Waals surface area (Å²) in [6, 6.07) is -0.112. The van der Waals surface area contributed by atoms with Crippen LogP contribution in [0.15, 0.2) is 0 Å². The molecule has 0 spiro atoms. The molecular weight excluding hydrogens is 252 g/mol. The molecule has 0 aromatic rings. The number of hydrogen-bond donors (Lipinski definition) is 1. The number of piperidine rings is 1. The Morgan fingerprint density at radius 3 is 2.72 bits per heavy atom. The molecule has 0 aromatic carbocycles. The number of hydrogen-bond acceptors (Lipinski definition) is 4. The Labute approximate surface area is 109 Å². The first-order chi connectivity index (χ1) is 8.48. The Hall–Kier alpha value is -0.620. The molecule has 2 saturated heterocycles. The second-order valence-electron chi connectivity index (χ2n) is 5.48. The average molecular weight is 274 g/mol. The van der Waals surface area contributed by atoms with Crippen LogP contribution in [0.1, 0.15) is 25.7 Å². The molecule has 2 rings (SSSR count). The van der Waals surface area contributed by atoms with Crippen LogP contribution in [-0.2, 0) is 14.6 Å². The van der Waals surface area contributed by atoms with E-state index in [1.807, 2.05) is 0 Å². The van der Waals surface area contributed by atoms with Crippen LogP contribution in [0, 0.1) is 5.92 Å². The fourth-order valence-corrected chi connectivity index (χ4v) is 4.55. The Balaban J connectivity index is 1.85. The Morgan fingerprint density at radius 1 is 1.39 bits per heavy atom. The van der Waals surface area contributed by atoms with Gasteiger partial charge in [0, 0.05) is 19.5 Å². The molecule has 2 fully saturated rings. The summed E-state index contributed by atoms with van der Waals surface area (Å²) in [7, 11) is -1.17. The molecule has 5 nitrogen and oxygen atoms in total. The van der Waals surface area contributed by atoms with Gasteiger partial charge in [-0.3, -0.25) is 4.79 Å². The van der Waals surface area contributed by atoms with Crippen molar-refractivity contribution in [1.29, 1.82) is 0 Å². The number of nitrogens with one attached hydrogen (secondary N) is 1. The molecule has 18 heavy (non-hydrogen) atoms. The second kappa shape index (κ2) is 5.57. The van der Waals surface area contributed by atoms with Gasteiger partial charge in [0.05, 0.1) is 11.5 Å². The van der Waals surface area contributed by atoms with Crippen LogP contribution in [-0.4, -0.2) is 56.9 Å². The first-order valence-electron chi connectivity index (χ1n) is 6.65. The van der Waals surface area contributed by atoms with E-state index >= 15 is 0 Å². The summed E-state index contributed by atoms with van der Waals surface area (Å²) >= 11 is 0. The van der Waals surface area contributed by atoms with Crippen molar-refractivity contribution in [3.05, 3.63) is 0 Å². The van der Waals surface area contributed by atoms with E-state index in [0.29, 0.717) is 18.8 Å². The number of sulfone groups is 1. The lowest BCUT2D eigenvalue weighted by Crippen LogP contribution is -2.40. The second-order valence-corrected chi connectivity index (χ2v) is 7.71. The molecule has 2 aliphatic heterocycles. The maximum absolute atomic E-state index is 12.1. The average Bonchev–Trinajstić information content (AvgIpc) is 2.70. The first-order valence-corrected chi connectivity index (χ1v) is 8.47. The maximum atomic E-state index is 12.1. The molecule has 6 heteroatoms. The van der Waals surface area contributed by atoms with Crippen molar-refractivity contribution in [2.75, 3.05) is 31.6 Å². The zero-order valence-electron chi connectivity index (χ0n) is 10.9. The molecule has 0 aromatic heterocycles. The number of rotatable bonds is 3. The molecule has 1 amide bonds. The molecule has 2 atom stereocenters. The van der Waals surface area contributed by atoms with Crippen LogP contribution >= 0.6 is 0 Å². The topological polar surface area (TPSA) is 66.5 Å². The lowest BCUT2D eigenvalue weighted by atomic mass is 9.95. The minimum atomic E-state index is -2.91. The molecule has 1 N–H and O–H groups in total. The van der Waals surface area contributed by atoms with E-state index in [-0.39, 0.29) is 23.5 Å². The number of carbonyl (C=O) groups is 1. The predicted octanol–water partition coefficient (Wildman–Crippen LogP) is 0.0216. The van der Waals surface area contributed by atoms with Gasteiger partial charge in [0.25, 0.3) is 0 Å². The van der Waals surface area contributed by atoms with Crippen LogP contribution in [0.25, 0.3) is 0 Å². The van der Waals surface area contributed by atoms with Gasteiger partial charge < -0.3 is 10.2 Å². The van der Waals surface area contributed by atoms with Crippen molar-refractivity contribution in [3.63, 3.8) is 0 Å². The highest BCUT2D eigenvalue weighted by molar-refractivity contribution is 7.91. The van der Waals surface area contributed by atoms with Gasteiger partial charge >= 0.3 is 0 Å². The van der Waals surface area contributed by atoms with Crippen molar-refractivity contribution in [2.45, 2.75) is 31.7 Å². The van der Waals surface area contributed by atoms with Gasteiger partial charge in [0.1, 0.15) is 0 Å². The van der Waals surface area contributed by atoms with Crippen LogP contribution in [0.2, 0.25) is 0 Å². The van der Waals surface area contributed by atoms with E-state index in [1.165, 1.54) is 0 Å². The first kappa shape index (κ1) is 13.8. The van der Waals surface area contributed by atoms with Crippen molar-refractivity contribution in [2.24, 2.45) is 5.92 Å². The molecule has 0 saturated carbocycles. The molecular formula is C12H22N2O3S. The van der Waals surface area contributed by atoms with E-state index in [0.717, 1.165) is 25.9 Å². The lowest BCUT2D eigenvalue weighted by Gasteiger charge is -2.27. The van der Waals surface area contributed by atoms with Crippen LogP contribution in [0.3, 0.4) is 0 Å². The fourth-order valence-electron chi connectivity index (χ4n) is 2.77. The SMILES string of the molecule is CN(C(=O)CC1CCCNC1)C1CCS(=O)(=O)C1. The predicted molar refractivity (Wildman–Crippen MR) is 70.0 cm³/mol. The normalized spacial score (nSPS) is 31.2. The van der Waals surface area contributed by atoms with Crippen molar-refractivity contribution in [3.8, 4) is 0 Å². The van der Waals surface area contributed by atoms with Gasteiger partial charge in [-0.1, -0.05) is 0 Å². The summed E-state index contributed by atoms with van der Waals surface area (Å²) in [6.07, 6.45) is 3.35. The van der Waals surface area contributed by atoms with Gasteiger partial charge in [-0.15, -0.1) is 0 Å². The van der Waals surface area contributed by atoms with Gasteiger partial charge in [-0.05, 0) is 38.3 Å². The highest BCUT2D eigenvalue weighted by Gasteiger charge is 2.33. The highest BCUT2D eigenvalue weighted by atomic mass is 32.2. The molecule has 2 unspecified atom stereocenters. The monoisotopic (exact) mass is 274 g/mol. The molecule has 0 aliphatic carbocycles. The summed E-state index contributed by atoms with van der Waals surface area (Å²) in [6.45, 7) is 1.95. The van der Waals surface area contributed by atoms with E-state index in [9.17, 15) is 13.2 Å². The molecule has 0 bridgehead atoms. The van der Waals surface area contributed by atoms with Gasteiger partial charge in [0.2, 0.25) is 5.91 Å². The lowest BCUT2D eigenvalue weighted by molar-refractivity contribution is -0.132. The smallest absolute Gasteiger partial charge is 0.222 e. The summed E-state index contributed by atoms with van der Waals surface area (Å²) in [4.78, 5) is 13.8. The number of amides is 1. The van der Waals surface area contributed by atoms with E-state index in [1.54, 1.807) is 11.9 Å². The summed E-state index contributed by atoms with van der Waals surface area (Å²) in [5, 5.41) is 3.30. The van der Waals surface area contributed by atoms with Crippen molar-refractivity contribution < 1.29 is 13.2 Å². The van der Waals surface area contributed by atoms with Crippen molar-refractivity contribution >= 4 is 15.7 Å². The number of carbonyl (C=O) groups excluding carboxylic acids is 1. The standard InChI is InChI=1S/C12H22N2O3S/c1-14(11-4-6-18(16,17)9-11)12(15)7-10-3-2-5-13-8-10/h10-11,13H,2-9H2,1H3. The molecule has 104 valence electrons. The van der Waals surface area contributed by atoms with Crippen LogP contribution < -0.4 is 5.32 Å². The van der Waals surface area contributed by atoms with Crippen LogP contribution in [0.5, 0.6) is 0 Å². The zero-order chi connectivity index (χ0) is 13.2. The third-order valence-electron chi connectivity index (χ3n) is 4.01. The van der Waals surface area contributed by atoms with Gasteiger partial charge in [-0.25, -0.2) is 8.42 Å². The van der Waals surface area contributed by atoms with E-state index in [4.69, 9.17) is 0 Å². The minimum Gasteiger partial charge on any atom is -0.342 e. The fraction of sp³-hybridized carbons (Fsp3) is 0.917.